The highest BCUT2D eigenvalue weighted by Gasteiger charge is 2.26. The Morgan fingerprint density at radius 2 is 1.62 bits per heavy atom. The number of nitrogens with zero attached hydrogens (tertiary/aromatic N) is 2. The summed E-state index contributed by atoms with van der Waals surface area (Å²) in [5.41, 5.74) is 0.988. The summed E-state index contributed by atoms with van der Waals surface area (Å²) in [7, 11) is 0. The first kappa shape index (κ1) is 26.4. The normalized spacial score (nSPS) is 17.0. The fraction of sp³-hybridized carbons (Fsp3) is 0.241. The predicted octanol–water partition coefficient (Wildman–Crippen LogP) is 5.46. The number of thioether (sulfide) groups is 1. The Morgan fingerprint density at radius 3 is 2.33 bits per heavy atom. The van der Waals surface area contributed by atoms with E-state index in [1.54, 1.807) is 42.1 Å². The molecule has 200 valence electrons. The summed E-state index contributed by atoms with van der Waals surface area (Å²) in [4.78, 5) is 35.3. The van der Waals surface area contributed by atoms with Gasteiger partial charge in [-0.1, -0.05) is 18.2 Å². The lowest BCUT2D eigenvalue weighted by molar-refractivity contribution is 0.0890. The smallest absolute Gasteiger partial charge is 0.257 e. The molecular formula is C29H27FN4O4S. The molecule has 1 fully saturated rings. The molecule has 0 radical (unpaired) electrons. The Balaban J connectivity index is 1.20. The van der Waals surface area contributed by atoms with E-state index >= 15 is 0 Å². The van der Waals surface area contributed by atoms with Gasteiger partial charge in [0.2, 0.25) is 5.88 Å². The van der Waals surface area contributed by atoms with Crippen LogP contribution in [-0.4, -0.2) is 45.2 Å². The van der Waals surface area contributed by atoms with Crippen LogP contribution in [0, 0.1) is 5.82 Å². The van der Waals surface area contributed by atoms with E-state index in [4.69, 9.17) is 4.74 Å². The van der Waals surface area contributed by atoms with Crippen LogP contribution in [0.4, 0.5) is 4.39 Å². The van der Waals surface area contributed by atoms with Gasteiger partial charge >= 0.3 is 0 Å². The number of benzene rings is 2. The second kappa shape index (κ2) is 11.7. The lowest BCUT2D eigenvalue weighted by atomic mass is 9.90. The van der Waals surface area contributed by atoms with Gasteiger partial charge in [0, 0.05) is 22.4 Å². The van der Waals surface area contributed by atoms with Crippen molar-refractivity contribution in [3.8, 4) is 17.4 Å². The lowest BCUT2D eigenvalue weighted by Gasteiger charge is -2.30. The summed E-state index contributed by atoms with van der Waals surface area (Å²) in [5.74, 6) is -0.748. The molecule has 2 aromatic heterocycles. The Kier molecular flexibility index (Phi) is 7.92. The number of amides is 2. The molecule has 4 aromatic rings. The van der Waals surface area contributed by atoms with Crippen molar-refractivity contribution in [1.29, 1.82) is 0 Å². The van der Waals surface area contributed by atoms with Gasteiger partial charge in [0.15, 0.2) is 0 Å². The van der Waals surface area contributed by atoms with Crippen molar-refractivity contribution in [2.75, 3.05) is 6.26 Å². The second-order valence-corrected chi connectivity index (χ2v) is 10.2. The highest BCUT2D eigenvalue weighted by atomic mass is 32.2. The summed E-state index contributed by atoms with van der Waals surface area (Å²) >= 11 is 1.55. The van der Waals surface area contributed by atoms with Crippen molar-refractivity contribution in [2.45, 2.75) is 42.7 Å². The van der Waals surface area contributed by atoms with Crippen molar-refractivity contribution in [1.82, 2.24) is 20.6 Å². The average molecular weight is 547 g/mol. The van der Waals surface area contributed by atoms with Gasteiger partial charge in [0.25, 0.3) is 11.8 Å². The first-order valence-corrected chi connectivity index (χ1v) is 13.8. The molecule has 0 saturated heterocycles. The van der Waals surface area contributed by atoms with Crippen LogP contribution in [0.5, 0.6) is 17.4 Å². The topological polar surface area (TPSA) is 113 Å². The van der Waals surface area contributed by atoms with Crippen molar-refractivity contribution in [3.63, 3.8) is 0 Å². The van der Waals surface area contributed by atoms with E-state index in [2.05, 4.69) is 20.6 Å². The Hall–Kier alpha value is -4.18. The summed E-state index contributed by atoms with van der Waals surface area (Å²) < 4.78 is 19.9. The maximum atomic E-state index is 14.0. The molecule has 0 atom stereocenters. The SMILES string of the molecule is CSc1cccc(Oc2ncc(F)cc2C(=O)N[C@H]2CC[C@@H](NC(=O)c3cccc4cc(O)cnc34)CC2)c1. The molecular weight excluding hydrogens is 519 g/mol. The first-order chi connectivity index (χ1) is 18.9. The van der Waals surface area contributed by atoms with Crippen LogP contribution >= 0.6 is 11.8 Å². The van der Waals surface area contributed by atoms with Crippen molar-refractivity contribution >= 4 is 34.5 Å². The molecule has 2 amide bonds. The molecule has 0 unspecified atom stereocenters. The summed E-state index contributed by atoms with van der Waals surface area (Å²) in [6.45, 7) is 0. The van der Waals surface area contributed by atoms with Crippen molar-refractivity contribution < 1.29 is 23.8 Å². The number of aromatic hydroxyl groups is 1. The summed E-state index contributed by atoms with van der Waals surface area (Å²) in [6, 6.07) is 15.1. The number of para-hydroxylation sites is 1. The van der Waals surface area contributed by atoms with Crippen LogP contribution in [0.3, 0.4) is 0 Å². The number of nitrogens with one attached hydrogen (secondary N) is 2. The maximum absolute atomic E-state index is 14.0. The van der Waals surface area contributed by atoms with E-state index in [9.17, 15) is 19.1 Å². The van der Waals surface area contributed by atoms with E-state index in [0.717, 1.165) is 17.2 Å². The molecule has 39 heavy (non-hydrogen) atoms. The Morgan fingerprint density at radius 1 is 0.923 bits per heavy atom. The highest BCUT2D eigenvalue weighted by Crippen LogP contribution is 2.28. The first-order valence-electron chi connectivity index (χ1n) is 12.6. The summed E-state index contributed by atoms with van der Waals surface area (Å²) in [6.07, 6.45) is 6.91. The van der Waals surface area contributed by atoms with Gasteiger partial charge in [-0.2, -0.15) is 0 Å². The number of halogens is 1. The average Bonchev–Trinajstić information content (AvgIpc) is 2.94. The summed E-state index contributed by atoms with van der Waals surface area (Å²) in [5, 5.41) is 16.4. The number of ether oxygens (including phenoxy) is 1. The number of carbonyl (C=O) groups is 2. The molecule has 8 nitrogen and oxygen atoms in total. The molecule has 0 bridgehead atoms. The van der Waals surface area contributed by atoms with Crippen LogP contribution in [0.15, 0.2) is 71.9 Å². The molecule has 3 N–H and O–H groups in total. The molecule has 1 aliphatic carbocycles. The van der Waals surface area contributed by atoms with Gasteiger partial charge in [-0.3, -0.25) is 14.6 Å². The predicted molar refractivity (Wildman–Crippen MR) is 147 cm³/mol. The van der Waals surface area contributed by atoms with Crippen LogP contribution in [0.25, 0.3) is 10.9 Å². The number of hydrogen-bond donors (Lipinski definition) is 3. The zero-order chi connectivity index (χ0) is 27.4. The number of aromatic nitrogens is 2. The zero-order valence-electron chi connectivity index (χ0n) is 21.2. The lowest BCUT2D eigenvalue weighted by Crippen LogP contribution is -2.44. The number of rotatable bonds is 7. The maximum Gasteiger partial charge on any atom is 0.257 e. The quantitative estimate of drug-likeness (QED) is 0.264. The number of pyridine rings is 2. The number of hydrogen-bond acceptors (Lipinski definition) is 7. The van der Waals surface area contributed by atoms with Gasteiger partial charge in [-0.15, -0.1) is 11.8 Å². The monoisotopic (exact) mass is 546 g/mol. The number of fused-ring (bicyclic) bond motifs is 1. The van der Waals surface area contributed by atoms with Gasteiger partial charge in [0.05, 0.1) is 23.5 Å². The molecule has 2 heterocycles. The Bertz CT molecular complexity index is 1520. The van der Waals surface area contributed by atoms with Gasteiger partial charge < -0.3 is 20.5 Å². The molecule has 2 aromatic carbocycles. The van der Waals surface area contributed by atoms with Crippen molar-refractivity contribution in [2.24, 2.45) is 0 Å². The molecule has 10 heteroatoms. The van der Waals surface area contributed by atoms with E-state index in [1.807, 2.05) is 24.5 Å². The minimum absolute atomic E-state index is 0.0227. The van der Waals surface area contributed by atoms with Crippen LogP contribution < -0.4 is 15.4 Å². The molecule has 1 saturated carbocycles. The van der Waals surface area contributed by atoms with E-state index in [-0.39, 0.29) is 35.2 Å². The van der Waals surface area contributed by atoms with Gasteiger partial charge in [-0.05, 0) is 68.3 Å². The fourth-order valence-electron chi connectivity index (χ4n) is 4.69. The molecule has 1 aliphatic rings. The largest absolute Gasteiger partial charge is 0.506 e. The van der Waals surface area contributed by atoms with Crippen LogP contribution in [0.2, 0.25) is 0 Å². The molecule has 5 rings (SSSR count). The second-order valence-electron chi connectivity index (χ2n) is 9.35. The minimum Gasteiger partial charge on any atom is -0.506 e. The standard InChI is InChI=1S/C29H27FN4O4S/c1-39-23-6-3-5-22(14-23)38-29-25(13-18(30)15-32-29)28(37)34-20-10-8-19(9-11-20)33-27(36)24-7-2-4-17-12-21(35)16-31-26(17)24/h2-7,12-16,19-20,35H,8-11H2,1H3,(H,33,36)(H,34,37)/t19-,20+. The van der Waals surface area contributed by atoms with Gasteiger partial charge in [0.1, 0.15) is 22.9 Å². The van der Waals surface area contributed by atoms with Gasteiger partial charge in [-0.25, -0.2) is 9.37 Å². The third kappa shape index (κ3) is 6.28. The van der Waals surface area contributed by atoms with E-state index < -0.39 is 11.7 Å². The van der Waals surface area contributed by atoms with Crippen LogP contribution in [-0.2, 0) is 0 Å². The minimum atomic E-state index is -0.630. The number of carbonyl (C=O) groups excluding carboxylic acids is 2. The third-order valence-electron chi connectivity index (χ3n) is 6.66. The van der Waals surface area contributed by atoms with E-state index in [1.165, 1.54) is 6.20 Å². The highest BCUT2D eigenvalue weighted by molar-refractivity contribution is 7.98. The molecule has 0 aliphatic heterocycles. The Labute approximate surface area is 229 Å². The van der Waals surface area contributed by atoms with Crippen LogP contribution in [0.1, 0.15) is 46.4 Å². The van der Waals surface area contributed by atoms with E-state index in [0.29, 0.717) is 47.9 Å². The third-order valence-corrected chi connectivity index (χ3v) is 7.38. The van der Waals surface area contributed by atoms with Crippen molar-refractivity contribution in [3.05, 3.63) is 83.9 Å². The molecule has 0 spiro atoms. The fourth-order valence-corrected chi connectivity index (χ4v) is 5.14. The zero-order valence-corrected chi connectivity index (χ0v) is 22.0.